The lowest BCUT2D eigenvalue weighted by Gasteiger charge is -2.46. The smallest absolute Gasteiger partial charge is 0.460 e. The molecule has 1 aliphatic carbocycles. The number of ether oxygens (including phenoxy) is 1. The molecule has 0 saturated heterocycles. The first-order valence-electron chi connectivity index (χ1n) is 14.5. The van der Waals surface area contributed by atoms with Gasteiger partial charge in [-0.1, -0.05) is 38.3 Å². The molecule has 1 nitrogen and oxygen atoms in total. The minimum atomic E-state index is -9.16. The summed E-state index contributed by atoms with van der Waals surface area (Å²) in [6, 6.07) is 5.71. The van der Waals surface area contributed by atoms with E-state index in [4.69, 9.17) is 4.74 Å². The first kappa shape index (κ1) is 43.7. The molecule has 0 atom stereocenters. The number of benzene rings is 1. The van der Waals surface area contributed by atoms with Gasteiger partial charge in [-0.05, 0) is 55.7 Å². The van der Waals surface area contributed by atoms with E-state index in [-0.39, 0.29) is 0 Å². The van der Waals surface area contributed by atoms with Crippen LogP contribution in [0.5, 0.6) is 5.75 Å². The Labute approximate surface area is 269 Å². The van der Waals surface area contributed by atoms with Crippen molar-refractivity contribution < 1.29 is 96.9 Å². The van der Waals surface area contributed by atoms with Crippen molar-refractivity contribution in [1.29, 1.82) is 0 Å². The summed E-state index contributed by atoms with van der Waals surface area (Å²) in [5, 5.41) is 0. The zero-order valence-corrected chi connectivity index (χ0v) is 25.2. The SMILES string of the molecule is CCCCCCOc1ccc(C2CCC(C(F)(F)C(F)(F)C(F)(F)C(F)(F)C(F)(F)C(F)(F)C(F)(F)C(F)(F)C(F)(F)C(F)(F)F)CC2)cc1. The predicted molar refractivity (Wildman–Crippen MR) is 131 cm³/mol. The first-order chi connectivity index (χ1) is 22.3. The molecule has 0 N–H and O–H groups in total. The number of halogens is 21. The van der Waals surface area contributed by atoms with Crippen molar-refractivity contribution in [2.75, 3.05) is 6.61 Å². The van der Waals surface area contributed by atoms with Gasteiger partial charge in [-0.25, -0.2) is 0 Å². The summed E-state index contributed by atoms with van der Waals surface area (Å²) in [5.74, 6) is -80.1. The second kappa shape index (κ2) is 13.8. The quantitative estimate of drug-likeness (QED) is 0.120. The van der Waals surface area contributed by atoms with Crippen LogP contribution in [0, 0.1) is 5.92 Å². The zero-order chi connectivity index (χ0) is 39.2. The third-order valence-corrected chi connectivity index (χ3v) is 8.39. The van der Waals surface area contributed by atoms with Crippen LogP contribution in [0.15, 0.2) is 24.3 Å². The third-order valence-electron chi connectivity index (χ3n) is 8.39. The van der Waals surface area contributed by atoms with E-state index in [1.807, 2.05) is 6.92 Å². The highest BCUT2D eigenvalue weighted by molar-refractivity contribution is 5.30. The Morgan fingerprint density at radius 3 is 1.24 bits per heavy atom. The van der Waals surface area contributed by atoms with Crippen LogP contribution in [0.25, 0.3) is 0 Å². The Morgan fingerprint density at radius 2 is 0.860 bits per heavy atom. The molecule has 0 heterocycles. The summed E-state index contributed by atoms with van der Waals surface area (Å²) in [7, 11) is 0. The summed E-state index contributed by atoms with van der Waals surface area (Å²) in [5.41, 5.74) is 0.365. The van der Waals surface area contributed by atoms with Crippen LogP contribution in [-0.2, 0) is 0 Å². The van der Waals surface area contributed by atoms with Gasteiger partial charge >= 0.3 is 59.5 Å². The molecule has 0 aromatic heterocycles. The Kier molecular flexibility index (Phi) is 12.1. The predicted octanol–water partition coefficient (Wildman–Crippen LogP) is 12.2. The molecule has 1 saturated carbocycles. The number of hydrogen-bond donors (Lipinski definition) is 0. The summed E-state index contributed by atoms with van der Waals surface area (Å²) < 4.78 is 293. The molecule has 0 aliphatic heterocycles. The highest BCUT2D eigenvalue weighted by atomic mass is 19.4. The Morgan fingerprint density at radius 1 is 0.480 bits per heavy atom. The van der Waals surface area contributed by atoms with Crippen molar-refractivity contribution in [1.82, 2.24) is 0 Å². The summed E-state index contributed by atoms with van der Waals surface area (Å²) in [6.45, 7) is 2.31. The van der Waals surface area contributed by atoms with E-state index < -0.39 is 97.0 Å². The number of hydrogen-bond acceptors (Lipinski definition) is 1. The molecule has 2 rings (SSSR count). The van der Waals surface area contributed by atoms with E-state index >= 15 is 0 Å². The highest BCUT2D eigenvalue weighted by Gasteiger charge is 2.98. The van der Waals surface area contributed by atoms with Crippen LogP contribution < -0.4 is 4.74 Å². The molecule has 1 aromatic rings. The van der Waals surface area contributed by atoms with E-state index in [0.29, 0.717) is 24.3 Å². The molecule has 0 radical (unpaired) electrons. The van der Waals surface area contributed by atoms with E-state index in [1.54, 1.807) is 0 Å². The minimum absolute atomic E-state index is 0.337. The fourth-order valence-electron chi connectivity index (χ4n) is 5.17. The van der Waals surface area contributed by atoms with Crippen LogP contribution in [0.4, 0.5) is 92.2 Å². The summed E-state index contributed by atoms with van der Waals surface area (Å²) in [4.78, 5) is 0. The van der Waals surface area contributed by atoms with Crippen LogP contribution in [0.2, 0.25) is 0 Å². The molecular weight excluding hydrogens is 751 g/mol. The summed E-state index contributed by atoms with van der Waals surface area (Å²) >= 11 is 0. The van der Waals surface area contributed by atoms with Crippen molar-refractivity contribution in [2.45, 2.75) is 124 Å². The molecule has 0 spiro atoms. The maximum absolute atomic E-state index is 14.8. The standard InChI is InChI=1S/C28H27F21O/c1-2-3-4-5-14-50-18-12-8-16(9-13-18)15-6-10-17(11-7-15)19(29,30)20(31,32)21(33,34)22(35,36)23(37,38)24(39,40)25(41,42)26(43,44)27(45,46)28(47,48)49/h8-9,12-13,15,17H,2-7,10-11,14H2,1H3. The van der Waals surface area contributed by atoms with Crippen LogP contribution in [-0.4, -0.2) is 66.1 Å². The van der Waals surface area contributed by atoms with Gasteiger partial charge < -0.3 is 4.74 Å². The zero-order valence-electron chi connectivity index (χ0n) is 25.2. The van der Waals surface area contributed by atoms with Crippen LogP contribution in [0.1, 0.15) is 69.8 Å². The lowest BCUT2D eigenvalue weighted by molar-refractivity contribution is -0.475. The van der Waals surface area contributed by atoms with Crippen molar-refractivity contribution >= 4 is 0 Å². The second-order valence-corrected chi connectivity index (χ2v) is 11.7. The second-order valence-electron chi connectivity index (χ2n) is 11.7. The Hall–Kier alpha value is -2.45. The third kappa shape index (κ3) is 6.77. The van der Waals surface area contributed by atoms with Gasteiger partial charge in [-0.15, -0.1) is 0 Å². The number of rotatable bonds is 16. The molecule has 1 aliphatic rings. The van der Waals surface area contributed by atoms with Gasteiger partial charge in [0.2, 0.25) is 0 Å². The topological polar surface area (TPSA) is 9.23 Å². The monoisotopic (exact) mass is 778 g/mol. The molecule has 0 unspecified atom stereocenters. The van der Waals surface area contributed by atoms with Crippen molar-refractivity contribution in [3.8, 4) is 5.75 Å². The van der Waals surface area contributed by atoms with Gasteiger partial charge in [-0.3, -0.25) is 0 Å². The molecule has 50 heavy (non-hydrogen) atoms. The first-order valence-corrected chi connectivity index (χ1v) is 14.5. The van der Waals surface area contributed by atoms with E-state index in [0.717, 1.165) is 19.3 Å². The fraction of sp³-hybridized carbons (Fsp3) is 0.786. The van der Waals surface area contributed by atoms with Crippen molar-refractivity contribution in [2.24, 2.45) is 5.92 Å². The van der Waals surface area contributed by atoms with Gasteiger partial charge in [0.1, 0.15) is 5.75 Å². The number of unbranched alkanes of at least 4 members (excludes halogenated alkanes) is 3. The molecule has 292 valence electrons. The lowest BCUT2D eigenvalue weighted by Crippen LogP contribution is -2.77. The summed E-state index contributed by atoms with van der Waals surface area (Å²) in [6.07, 6.45) is -8.13. The maximum atomic E-state index is 14.8. The van der Waals surface area contributed by atoms with E-state index in [1.165, 1.54) is 24.3 Å². The van der Waals surface area contributed by atoms with E-state index in [2.05, 4.69) is 0 Å². The highest BCUT2D eigenvalue weighted by Crippen LogP contribution is 2.67. The van der Waals surface area contributed by atoms with Crippen molar-refractivity contribution in [3.63, 3.8) is 0 Å². The minimum Gasteiger partial charge on any atom is -0.494 e. The average molecular weight is 778 g/mol. The van der Waals surface area contributed by atoms with Gasteiger partial charge in [-0.2, -0.15) is 92.2 Å². The number of alkyl halides is 21. The molecular formula is C28H27F21O. The van der Waals surface area contributed by atoms with E-state index in [9.17, 15) is 92.2 Å². The molecule has 0 bridgehead atoms. The molecule has 22 heteroatoms. The van der Waals surface area contributed by atoms with Crippen molar-refractivity contribution in [3.05, 3.63) is 29.8 Å². The fourth-order valence-corrected chi connectivity index (χ4v) is 5.17. The molecule has 0 amide bonds. The maximum Gasteiger partial charge on any atom is 0.460 e. The largest absolute Gasteiger partial charge is 0.494 e. The van der Waals surface area contributed by atoms with Crippen LogP contribution >= 0.6 is 0 Å². The molecule has 1 fully saturated rings. The van der Waals surface area contributed by atoms with Crippen LogP contribution in [0.3, 0.4) is 0 Å². The Balaban J connectivity index is 2.33. The normalized spacial score (nSPS) is 19.9. The molecule has 1 aromatic carbocycles. The van der Waals surface area contributed by atoms with Gasteiger partial charge in [0.15, 0.2) is 0 Å². The van der Waals surface area contributed by atoms with Gasteiger partial charge in [0.05, 0.1) is 6.61 Å². The average Bonchev–Trinajstić information content (AvgIpc) is 3.00. The van der Waals surface area contributed by atoms with Gasteiger partial charge in [0, 0.05) is 5.92 Å². The Bertz CT molecular complexity index is 1260. The van der Waals surface area contributed by atoms with Gasteiger partial charge in [0.25, 0.3) is 0 Å². The lowest BCUT2D eigenvalue weighted by atomic mass is 9.73.